The van der Waals surface area contributed by atoms with Crippen molar-refractivity contribution in [2.24, 2.45) is 0 Å². The van der Waals surface area contributed by atoms with E-state index < -0.39 is 0 Å². The van der Waals surface area contributed by atoms with Crippen LogP contribution in [0.4, 0.5) is 5.82 Å². The van der Waals surface area contributed by atoms with E-state index >= 15 is 0 Å². The Kier molecular flexibility index (Phi) is 5.78. The number of hydrogen-bond acceptors (Lipinski definition) is 7. The van der Waals surface area contributed by atoms with Gasteiger partial charge < -0.3 is 14.5 Å². The number of aromatic nitrogens is 3. The molecule has 0 aliphatic carbocycles. The summed E-state index contributed by atoms with van der Waals surface area (Å²) in [7, 11) is 0. The number of benzene rings is 2. The number of aryl methyl sites for hydroxylation is 1. The quantitative estimate of drug-likeness (QED) is 0.455. The maximum atomic E-state index is 12.7. The van der Waals surface area contributed by atoms with Crippen molar-refractivity contribution in [1.82, 2.24) is 19.5 Å². The highest BCUT2D eigenvalue weighted by atomic mass is 32.1. The number of carbonyl (C=O) groups excluding carboxylic acids is 1. The lowest BCUT2D eigenvalue weighted by molar-refractivity contribution is -0.133. The van der Waals surface area contributed by atoms with E-state index in [1.165, 1.54) is 21.9 Å². The molecule has 2 aromatic carbocycles. The standard InChI is InChI=1S/C24H23N5O3S/c1-17-6-5-9-19(14-17)32-16-22(31)28-12-10-27(11-13-28)20-15-21(30)29-24(25-20)33-23(26-29)18-7-3-2-4-8-18/h2-9,14-15H,10-13,16H2,1H3. The molecule has 2 aromatic heterocycles. The van der Waals surface area contributed by atoms with Gasteiger partial charge in [0.05, 0.1) is 0 Å². The van der Waals surface area contributed by atoms with Crippen molar-refractivity contribution in [2.45, 2.75) is 6.92 Å². The fourth-order valence-corrected chi connectivity index (χ4v) is 4.69. The van der Waals surface area contributed by atoms with Crippen LogP contribution in [-0.4, -0.2) is 58.2 Å². The van der Waals surface area contributed by atoms with Gasteiger partial charge in [-0.25, -0.2) is 4.98 Å². The molecular formula is C24H23N5O3S. The Labute approximate surface area is 194 Å². The van der Waals surface area contributed by atoms with Crippen molar-refractivity contribution in [1.29, 1.82) is 0 Å². The summed E-state index contributed by atoms with van der Waals surface area (Å²) in [6.07, 6.45) is 0. The second kappa shape index (κ2) is 9.03. The van der Waals surface area contributed by atoms with Gasteiger partial charge in [-0.05, 0) is 24.6 Å². The Balaban J connectivity index is 1.24. The highest BCUT2D eigenvalue weighted by molar-refractivity contribution is 7.19. The summed E-state index contributed by atoms with van der Waals surface area (Å²) in [4.78, 5) is 34.3. The van der Waals surface area contributed by atoms with Crippen molar-refractivity contribution in [3.05, 3.63) is 76.6 Å². The van der Waals surface area contributed by atoms with Crippen LogP contribution in [0.5, 0.6) is 5.75 Å². The van der Waals surface area contributed by atoms with E-state index in [4.69, 9.17) is 4.74 Å². The molecule has 1 aliphatic heterocycles. The van der Waals surface area contributed by atoms with Crippen LogP contribution in [0.25, 0.3) is 15.5 Å². The van der Waals surface area contributed by atoms with Gasteiger partial charge in [-0.15, -0.1) is 0 Å². The van der Waals surface area contributed by atoms with E-state index in [9.17, 15) is 9.59 Å². The van der Waals surface area contributed by atoms with Gasteiger partial charge in [0.2, 0.25) is 4.96 Å². The monoisotopic (exact) mass is 461 g/mol. The molecule has 4 aromatic rings. The van der Waals surface area contributed by atoms with Gasteiger partial charge in [0, 0.05) is 37.8 Å². The Morgan fingerprint density at radius 3 is 2.58 bits per heavy atom. The number of amides is 1. The van der Waals surface area contributed by atoms with Gasteiger partial charge in [0.15, 0.2) is 6.61 Å². The molecule has 1 fully saturated rings. The zero-order chi connectivity index (χ0) is 22.8. The predicted molar refractivity (Wildman–Crippen MR) is 128 cm³/mol. The largest absolute Gasteiger partial charge is 0.484 e. The lowest BCUT2D eigenvalue weighted by Crippen LogP contribution is -2.50. The predicted octanol–water partition coefficient (Wildman–Crippen LogP) is 2.85. The van der Waals surface area contributed by atoms with Crippen LogP contribution in [-0.2, 0) is 4.79 Å². The fraction of sp³-hybridized carbons (Fsp3) is 0.250. The number of hydrogen-bond donors (Lipinski definition) is 0. The number of fused-ring (bicyclic) bond motifs is 1. The van der Waals surface area contributed by atoms with E-state index in [1.807, 2.05) is 66.4 Å². The molecule has 33 heavy (non-hydrogen) atoms. The van der Waals surface area contributed by atoms with Crippen molar-refractivity contribution < 1.29 is 9.53 Å². The SMILES string of the molecule is Cc1cccc(OCC(=O)N2CCN(c3cc(=O)n4nc(-c5ccccc5)sc4n3)CC2)c1. The smallest absolute Gasteiger partial charge is 0.277 e. The Hall–Kier alpha value is -3.72. The number of piperazine rings is 1. The first kappa shape index (κ1) is 21.1. The van der Waals surface area contributed by atoms with Gasteiger partial charge in [-0.2, -0.15) is 9.61 Å². The summed E-state index contributed by atoms with van der Waals surface area (Å²) >= 11 is 1.39. The summed E-state index contributed by atoms with van der Waals surface area (Å²) in [6, 6.07) is 18.9. The van der Waals surface area contributed by atoms with Crippen LogP contribution in [0.2, 0.25) is 0 Å². The average molecular weight is 462 g/mol. The lowest BCUT2D eigenvalue weighted by atomic mass is 10.2. The number of nitrogens with zero attached hydrogens (tertiary/aromatic N) is 5. The minimum absolute atomic E-state index is 0.0120. The van der Waals surface area contributed by atoms with Gasteiger partial charge in [-0.3, -0.25) is 9.59 Å². The number of ether oxygens (including phenoxy) is 1. The minimum Gasteiger partial charge on any atom is -0.484 e. The molecule has 9 heteroatoms. The first-order valence-corrected chi connectivity index (χ1v) is 11.6. The van der Waals surface area contributed by atoms with E-state index in [0.717, 1.165) is 16.1 Å². The lowest BCUT2D eigenvalue weighted by Gasteiger charge is -2.35. The van der Waals surface area contributed by atoms with Crippen molar-refractivity contribution >= 4 is 28.0 Å². The third kappa shape index (κ3) is 4.58. The third-order valence-electron chi connectivity index (χ3n) is 5.56. The van der Waals surface area contributed by atoms with E-state index in [-0.39, 0.29) is 18.1 Å². The van der Waals surface area contributed by atoms with E-state index in [2.05, 4.69) is 10.1 Å². The fourth-order valence-electron chi connectivity index (χ4n) is 3.79. The summed E-state index contributed by atoms with van der Waals surface area (Å²) in [5.74, 6) is 1.26. The summed E-state index contributed by atoms with van der Waals surface area (Å²) in [5, 5.41) is 5.18. The maximum Gasteiger partial charge on any atom is 0.277 e. The van der Waals surface area contributed by atoms with Gasteiger partial charge >= 0.3 is 0 Å². The molecule has 0 saturated carbocycles. The molecule has 0 bridgehead atoms. The summed E-state index contributed by atoms with van der Waals surface area (Å²) in [5.41, 5.74) is 1.83. The van der Waals surface area contributed by atoms with Gasteiger partial charge in [0.1, 0.15) is 16.6 Å². The molecule has 0 N–H and O–H groups in total. The normalized spacial score (nSPS) is 14.0. The molecule has 8 nitrogen and oxygen atoms in total. The number of anilines is 1. The molecule has 1 amide bonds. The van der Waals surface area contributed by atoms with Crippen LogP contribution < -0.4 is 15.2 Å². The number of rotatable bonds is 5. The maximum absolute atomic E-state index is 12.7. The zero-order valence-electron chi connectivity index (χ0n) is 18.2. The first-order valence-electron chi connectivity index (χ1n) is 10.8. The second-order valence-corrected chi connectivity index (χ2v) is 8.85. The Morgan fingerprint density at radius 2 is 1.82 bits per heavy atom. The molecular weight excluding hydrogens is 438 g/mol. The molecule has 0 atom stereocenters. The Bertz CT molecular complexity index is 1340. The van der Waals surface area contributed by atoms with Crippen LogP contribution in [0, 0.1) is 6.92 Å². The molecule has 5 rings (SSSR count). The molecule has 0 radical (unpaired) electrons. The van der Waals surface area contributed by atoms with Crippen LogP contribution >= 0.6 is 11.3 Å². The molecule has 168 valence electrons. The molecule has 1 aliphatic rings. The molecule has 0 spiro atoms. The topological polar surface area (TPSA) is 80.0 Å². The number of carbonyl (C=O) groups is 1. The highest BCUT2D eigenvalue weighted by Crippen LogP contribution is 2.25. The Morgan fingerprint density at radius 1 is 1.03 bits per heavy atom. The van der Waals surface area contributed by atoms with Crippen molar-refractivity contribution in [3.63, 3.8) is 0 Å². The van der Waals surface area contributed by atoms with E-state index in [1.54, 1.807) is 4.90 Å². The van der Waals surface area contributed by atoms with Crippen LogP contribution in [0.15, 0.2) is 65.5 Å². The van der Waals surface area contributed by atoms with Gasteiger partial charge in [0.25, 0.3) is 11.5 Å². The van der Waals surface area contributed by atoms with E-state index in [0.29, 0.717) is 42.7 Å². The highest BCUT2D eigenvalue weighted by Gasteiger charge is 2.23. The van der Waals surface area contributed by atoms with Crippen molar-refractivity contribution in [2.75, 3.05) is 37.7 Å². The molecule has 3 heterocycles. The third-order valence-corrected chi connectivity index (χ3v) is 6.52. The van der Waals surface area contributed by atoms with Crippen LogP contribution in [0.3, 0.4) is 0 Å². The van der Waals surface area contributed by atoms with Crippen LogP contribution in [0.1, 0.15) is 5.56 Å². The zero-order valence-corrected chi connectivity index (χ0v) is 19.0. The van der Waals surface area contributed by atoms with Crippen molar-refractivity contribution in [3.8, 4) is 16.3 Å². The minimum atomic E-state index is -0.210. The summed E-state index contributed by atoms with van der Waals surface area (Å²) in [6.45, 7) is 4.30. The average Bonchev–Trinajstić information content (AvgIpc) is 3.28. The summed E-state index contributed by atoms with van der Waals surface area (Å²) < 4.78 is 7.00. The molecule has 1 saturated heterocycles. The first-order chi connectivity index (χ1) is 16.1. The molecule has 0 unspecified atom stereocenters. The van der Waals surface area contributed by atoms with Gasteiger partial charge in [-0.1, -0.05) is 53.8 Å². The second-order valence-electron chi connectivity index (χ2n) is 7.89.